The lowest BCUT2D eigenvalue weighted by molar-refractivity contribution is -0.770. The number of likely N-dealkylation sites (N-methyl/N-ethyl adjacent to an activating group) is 1. The van der Waals surface area contributed by atoms with Gasteiger partial charge in [0.05, 0.1) is 11.6 Å². The van der Waals surface area contributed by atoms with Crippen LogP contribution in [0.25, 0.3) is 0 Å². The number of nitrogens with one attached hydrogen (secondary N) is 1. The van der Waals surface area contributed by atoms with Gasteiger partial charge in [-0.2, -0.15) is 0 Å². The molecule has 0 aromatic heterocycles. The van der Waals surface area contributed by atoms with Crippen LogP contribution < -0.4 is 15.5 Å². The highest BCUT2D eigenvalue weighted by Crippen LogP contribution is 2.19. The third-order valence-electron chi connectivity index (χ3n) is 3.94. The summed E-state index contributed by atoms with van der Waals surface area (Å²) in [5, 5.41) is 36.4. The number of anilines is 1. The smallest absolute Gasteiger partial charge is 0.335 e. The molecule has 0 aliphatic carbocycles. The Balaban J connectivity index is 2.14. The monoisotopic (exact) mass is 342 g/mol. The Morgan fingerprint density at radius 3 is 2.36 bits per heavy atom. The van der Waals surface area contributed by atoms with Gasteiger partial charge in [0, 0.05) is 5.69 Å². The number of hydrogen-bond acceptors (Lipinski definition) is 5. The van der Waals surface area contributed by atoms with Gasteiger partial charge in [-0.05, 0) is 32.2 Å². The van der Waals surface area contributed by atoms with Crippen LogP contribution in [0.2, 0.25) is 0 Å². The first-order chi connectivity index (χ1) is 11.7. The standard InChI is InChI=1S/C18H18N2O5/c1-12(20(2)18(24,25)14-8-4-3-5-9-14)16(21)19-15-10-6-7-13(11-15)17(22)23/h3-12H,1-2H3,(H,19,21)(H,22,23)/q-2. The summed E-state index contributed by atoms with van der Waals surface area (Å²) in [6.07, 6.45) is 0. The van der Waals surface area contributed by atoms with Crippen LogP contribution in [-0.4, -0.2) is 35.0 Å². The fourth-order valence-electron chi connectivity index (χ4n) is 2.26. The van der Waals surface area contributed by atoms with Gasteiger partial charge in [0.1, 0.15) is 0 Å². The van der Waals surface area contributed by atoms with E-state index in [1.54, 1.807) is 18.2 Å². The molecule has 2 rings (SSSR count). The molecule has 25 heavy (non-hydrogen) atoms. The van der Waals surface area contributed by atoms with Crippen LogP contribution in [0.5, 0.6) is 0 Å². The summed E-state index contributed by atoms with van der Waals surface area (Å²) in [5.41, 5.74) is 0.294. The molecule has 0 heterocycles. The summed E-state index contributed by atoms with van der Waals surface area (Å²) in [4.78, 5) is 24.2. The molecule has 0 radical (unpaired) electrons. The number of amides is 1. The minimum absolute atomic E-state index is 0.00465. The van der Waals surface area contributed by atoms with Crippen LogP contribution >= 0.6 is 0 Å². The molecule has 0 fully saturated rings. The molecule has 132 valence electrons. The van der Waals surface area contributed by atoms with Gasteiger partial charge in [0.25, 0.3) is 0 Å². The van der Waals surface area contributed by atoms with Gasteiger partial charge in [0.15, 0.2) is 0 Å². The van der Waals surface area contributed by atoms with Crippen molar-refractivity contribution in [3.63, 3.8) is 0 Å². The van der Waals surface area contributed by atoms with Crippen molar-refractivity contribution in [3.8, 4) is 0 Å². The van der Waals surface area contributed by atoms with Crippen molar-refractivity contribution in [3.05, 3.63) is 65.7 Å². The third-order valence-corrected chi connectivity index (χ3v) is 3.94. The first-order valence-electron chi connectivity index (χ1n) is 7.57. The van der Waals surface area contributed by atoms with Gasteiger partial charge >= 0.3 is 5.97 Å². The second-order valence-electron chi connectivity index (χ2n) is 5.61. The number of carboxylic acid groups (broad SMARTS) is 1. The zero-order valence-corrected chi connectivity index (χ0v) is 13.8. The van der Waals surface area contributed by atoms with Crippen LogP contribution in [0.3, 0.4) is 0 Å². The van der Waals surface area contributed by atoms with Crippen molar-refractivity contribution in [2.45, 2.75) is 18.9 Å². The highest BCUT2D eigenvalue weighted by molar-refractivity contribution is 5.96. The van der Waals surface area contributed by atoms with Gasteiger partial charge in [0.2, 0.25) is 5.91 Å². The molecule has 7 heteroatoms. The van der Waals surface area contributed by atoms with Crippen LogP contribution in [0, 0.1) is 0 Å². The topological polar surface area (TPSA) is 116 Å². The Hall–Kier alpha value is -2.74. The van der Waals surface area contributed by atoms with Gasteiger partial charge in [-0.3, -0.25) is 4.79 Å². The Morgan fingerprint density at radius 1 is 1.12 bits per heavy atom. The highest BCUT2D eigenvalue weighted by atomic mass is 16.5. The highest BCUT2D eigenvalue weighted by Gasteiger charge is 2.23. The Morgan fingerprint density at radius 2 is 1.76 bits per heavy atom. The first-order valence-corrected chi connectivity index (χ1v) is 7.57. The molecule has 0 aliphatic heterocycles. The quantitative estimate of drug-likeness (QED) is 0.723. The number of carboxylic acids is 1. The molecule has 1 unspecified atom stereocenters. The van der Waals surface area contributed by atoms with Crippen molar-refractivity contribution >= 4 is 17.6 Å². The second-order valence-corrected chi connectivity index (χ2v) is 5.61. The van der Waals surface area contributed by atoms with E-state index in [-0.39, 0.29) is 16.8 Å². The van der Waals surface area contributed by atoms with E-state index in [9.17, 15) is 19.8 Å². The Labute approximate surface area is 145 Å². The zero-order valence-electron chi connectivity index (χ0n) is 13.8. The molecule has 2 N–H and O–H groups in total. The van der Waals surface area contributed by atoms with Crippen LogP contribution in [-0.2, 0) is 10.7 Å². The van der Waals surface area contributed by atoms with Crippen molar-refractivity contribution in [1.29, 1.82) is 0 Å². The molecule has 0 spiro atoms. The third kappa shape index (κ3) is 4.21. The molecule has 0 saturated carbocycles. The number of benzene rings is 2. The lowest BCUT2D eigenvalue weighted by atomic mass is 10.1. The minimum Gasteiger partial charge on any atom is -0.848 e. The van der Waals surface area contributed by atoms with E-state index >= 15 is 0 Å². The first kappa shape index (κ1) is 18.6. The maximum Gasteiger partial charge on any atom is 0.335 e. The predicted molar refractivity (Wildman–Crippen MR) is 87.4 cm³/mol. The second kappa shape index (κ2) is 7.43. The number of aromatic carboxylic acids is 1. The minimum atomic E-state index is -2.83. The van der Waals surface area contributed by atoms with Crippen LogP contribution in [0.15, 0.2) is 54.6 Å². The molecular weight excluding hydrogens is 324 g/mol. The molecule has 0 saturated heterocycles. The summed E-state index contributed by atoms with van der Waals surface area (Å²) < 4.78 is 0. The van der Waals surface area contributed by atoms with E-state index in [2.05, 4.69) is 5.32 Å². The number of carbonyl (C=O) groups is 2. The average molecular weight is 342 g/mol. The van der Waals surface area contributed by atoms with Gasteiger partial charge in [-0.25, -0.2) is 4.79 Å². The normalized spacial score (nSPS) is 12.7. The SMILES string of the molecule is CC(C(=O)Nc1cccc(C(=O)O)c1)N(C)C([O-])([O-])c1ccccc1. The van der Waals surface area contributed by atoms with E-state index in [1.165, 1.54) is 50.4 Å². The average Bonchev–Trinajstić information content (AvgIpc) is 2.61. The molecular formula is C18H18N2O5-2. The molecule has 2 aromatic rings. The molecule has 0 bridgehead atoms. The number of hydrogen-bond donors (Lipinski definition) is 2. The summed E-state index contributed by atoms with van der Waals surface area (Å²) in [5.74, 6) is -4.54. The van der Waals surface area contributed by atoms with Crippen LogP contribution in [0.4, 0.5) is 5.69 Å². The van der Waals surface area contributed by atoms with Gasteiger partial charge in [-0.15, -0.1) is 5.91 Å². The van der Waals surface area contributed by atoms with Gasteiger partial charge in [-0.1, -0.05) is 42.0 Å². The van der Waals surface area contributed by atoms with E-state index < -0.39 is 23.8 Å². The maximum atomic E-state index is 12.5. The number of nitrogens with zero attached hydrogens (tertiary/aromatic N) is 1. The Kier molecular flexibility index (Phi) is 5.53. The largest absolute Gasteiger partial charge is 0.848 e. The summed E-state index contributed by atoms with van der Waals surface area (Å²) in [7, 11) is 1.28. The van der Waals surface area contributed by atoms with Crippen molar-refractivity contribution in [1.82, 2.24) is 4.90 Å². The van der Waals surface area contributed by atoms with Crippen LogP contribution in [0.1, 0.15) is 22.8 Å². The summed E-state index contributed by atoms with van der Waals surface area (Å²) >= 11 is 0. The van der Waals surface area contributed by atoms with Gasteiger partial charge < -0.3 is 25.5 Å². The molecule has 2 aromatic carbocycles. The van der Waals surface area contributed by atoms with E-state index in [1.807, 2.05) is 0 Å². The molecule has 1 atom stereocenters. The lowest BCUT2D eigenvalue weighted by Crippen LogP contribution is -2.67. The Bertz CT molecular complexity index is 761. The van der Waals surface area contributed by atoms with E-state index in [0.29, 0.717) is 0 Å². The molecule has 7 nitrogen and oxygen atoms in total. The number of rotatable bonds is 6. The predicted octanol–water partition coefficient (Wildman–Crippen LogP) is 0.175. The molecule has 1 amide bonds. The van der Waals surface area contributed by atoms with E-state index in [4.69, 9.17) is 5.11 Å². The van der Waals surface area contributed by atoms with E-state index in [0.717, 1.165) is 4.90 Å². The fraction of sp³-hybridized carbons (Fsp3) is 0.222. The summed E-state index contributed by atoms with van der Waals surface area (Å²) in [6.45, 7) is 1.43. The maximum absolute atomic E-state index is 12.5. The van der Waals surface area contributed by atoms with Crippen molar-refractivity contribution in [2.24, 2.45) is 0 Å². The summed E-state index contributed by atoms with van der Waals surface area (Å²) in [6, 6.07) is 12.4. The fourth-order valence-corrected chi connectivity index (χ4v) is 2.26. The zero-order chi connectivity index (χ0) is 18.6. The molecule has 0 aliphatic rings. The van der Waals surface area contributed by atoms with Crippen molar-refractivity contribution in [2.75, 3.05) is 12.4 Å². The van der Waals surface area contributed by atoms with Crippen molar-refractivity contribution < 1.29 is 24.9 Å². The lowest BCUT2D eigenvalue weighted by Gasteiger charge is -2.57. The number of carbonyl (C=O) groups excluding carboxylic acids is 1.